The summed E-state index contributed by atoms with van der Waals surface area (Å²) in [5, 5.41) is 3.20. The standard InChI is InChI=1S/C16H20FN3O/c1-5-18-15-14(10(2)3)16(20-9-19-15)21-13-8-12(17)7-6-11(13)4/h6-10H,5H2,1-4H3,(H,18,19,20). The van der Waals surface area contributed by atoms with Crippen molar-refractivity contribution in [3.05, 3.63) is 41.5 Å². The molecule has 1 aromatic heterocycles. The van der Waals surface area contributed by atoms with E-state index in [1.165, 1.54) is 18.5 Å². The van der Waals surface area contributed by atoms with Crippen LogP contribution in [0.5, 0.6) is 11.6 Å². The van der Waals surface area contributed by atoms with Gasteiger partial charge in [-0.05, 0) is 31.4 Å². The molecule has 0 amide bonds. The highest BCUT2D eigenvalue weighted by Gasteiger charge is 2.17. The van der Waals surface area contributed by atoms with Crippen LogP contribution in [0.15, 0.2) is 24.5 Å². The fraction of sp³-hybridized carbons (Fsp3) is 0.375. The maximum absolute atomic E-state index is 13.4. The van der Waals surface area contributed by atoms with Gasteiger partial charge in [0.05, 0.1) is 5.56 Å². The molecule has 4 nitrogen and oxygen atoms in total. The normalized spacial score (nSPS) is 10.8. The topological polar surface area (TPSA) is 47.0 Å². The number of aromatic nitrogens is 2. The summed E-state index contributed by atoms with van der Waals surface area (Å²) in [5.74, 6) is 1.54. The number of halogens is 1. The van der Waals surface area contributed by atoms with Crippen LogP contribution >= 0.6 is 0 Å². The zero-order chi connectivity index (χ0) is 15.4. The van der Waals surface area contributed by atoms with Crippen LogP contribution in [-0.2, 0) is 0 Å². The highest BCUT2D eigenvalue weighted by Crippen LogP contribution is 2.34. The van der Waals surface area contributed by atoms with Crippen molar-refractivity contribution in [1.29, 1.82) is 0 Å². The SMILES string of the molecule is CCNc1ncnc(Oc2cc(F)ccc2C)c1C(C)C. The third kappa shape index (κ3) is 3.48. The molecule has 0 aliphatic heterocycles. The number of anilines is 1. The molecular weight excluding hydrogens is 269 g/mol. The number of benzene rings is 1. The van der Waals surface area contributed by atoms with E-state index in [0.29, 0.717) is 11.6 Å². The first kappa shape index (κ1) is 15.2. The first-order chi connectivity index (χ1) is 10.0. The maximum Gasteiger partial charge on any atom is 0.227 e. The zero-order valence-corrected chi connectivity index (χ0v) is 12.8. The van der Waals surface area contributed by atoms with Gasteiger partial charge in [-0.3, -0.25) is 0 Å². The molecule has 2 rings (SSSR count). The summed E-state index contributed by atoms with van der Waals surface area (Å²) in [6, 6.07) is 4.47. The first-order valence-electron chi connectivity index (χ1n) is 7.05. The van der Waals surface area contributed by atoms with Crippen LogP contribution in [-0.4, -0.2) is 16.5 Å². The molecule has 21 heavy (non-hydrogen) atoms. The van der Waals surface area contributed by atoms with Crippen molar-refractivity contribution in [2.45, 2.75) is 33.6 Å². The van der Waals surface area contributed by atoms with Gasteiger partial charge >= 0.3 is 0 Å². The molecule has 5 heteroatoms. The number of nitrogens with one attached hydrogen (secondary N) is 1. The number of hydrogen-bond acceptors (Lipinski definition) is 4. The average Bonchev–Trinajstić information content (AvgIpc) is 2.43. The van der Waals surface area contributed by atoms with Crippen molar-refractivity contribution in [3.8, 4) is 11.6 Å². The van der Waals surface area contributed by atoms with Crippen molar-refractivity contribution in [2.24, 2.45) is 0 Å². The lowest BCUT2D eigenvalue weighted by Crippen LogP contribution is -2.07. The van der Waals surface area contributed by atoms with Gasteiger partial charge in [0.1, 0.15) is 23.7 Å². The second-order valence-electron chi connectivity index (χ2n) is 5.14. The van der Waals surface area contributed by atoms with Crippen molar-refractivity contribution in [2.75, 3.05) is 11.9 Å². The molecule has 1 aromatic carbocycles. The molecular formula is C16H20FN3O. The Hall–Kier alpha value is -2.17. The third-order valence-corrected chi connectivity index (χ3v) is 3.13. The van der Waals surface area contributed by atoms with Crippen LogP contribution < -0.4 is 10.1 Å². The van der Waals surface area contributed by atoms with E-state index in [1.807, 2.05) is 27.7 Å². The molecule has 0 atom stereocenters. The fourth-order valence-corrected chi connectivity index (χ4v) is 2.08. The summed E-state index contributed by atoms with van der Waals surface area (Å²) in [6.45, 7) is 8.73. The Balaban J connectivity index is 2.43. The van der Waals surface area contributed by atoms with Crippen molar-refractivity contribution in [1.82, 2.24) is 9.97 Å². The Bertz CT molecular complexity index is 629. The Kier molecular flexibility index (Phi) is 4.73. The Morgan fingerprint density at radius 1 is 1.29 bits per heavy atom. The van der Waals surface area contributed by atoms with Crippen LogP contribution in [0.4, 0.5) is 10.2 Å². The quantitative estimate of drug-likeness (QED) is 0.892. The highest BCUT2D eigenvalue weighted by atomic mass is 19.1. The van der Waals surface area contributed by atoms with Crippen molar-refractivity contribution in [3.63, 3.8) is 0 Å². The second-order valence-corrected chi connectivity index (χ2v) is 5.14. The molecule has 0 aliphatic rings. The minimum absolute atomic E-state index is 0.184. The predicted molar refractivity (Wildman–Crippen MR) is 81.5 cm³/mol. The molecule has 0 aliphatic carbocycles. The molecule has 0 spiro atoms. The van der Waals surface area contributed by atoms with Crippen LogP contribution in [0, 0.1) is 12.7 Å². The van der Waals surface area contributed by atoms with Crippen LogP contribution in [0.3, 0.4) is 0 Å². The van der Waals surface area contributed by atoms with Crippen molar-refractivity contribution < 1.29 is 9.13 Å². The molecule has 0 saturated heterocycles. The van der Waals surface area contributed by atoms with Gasteiger partial charge in [-0.25, -0.2) is 14.4 Å². The van der Waals surface area contributed by atoms with Gasteiger partial charge in [-0.2, -0.15) is 0 Å². The van der Waals surface area contributed by atoms with Crippen LogP contribution in [0.25, 0.3) is 0 Å². The largest absolute Gasteiger partial charge is 0.438 e. The van der Waals surface area contributed by atoms with E-state index in [9.17, 15) is 4.39 Å². The number of hydrogen-bond donors (Lipinski definition) is 1. The third-order valence-electron chi connectivity index (χ3n) is 3.13. The van der Waals surface area contributed by atoms with Gasteiger partial charge in [0.2, 0.25) is 5.88 Å². The molecule has 0 fully saturated rings. The lowest BCUT2D eigenvalue weighted by atomic mass is 10.1. The van der Waals surface area contributed by atoms with Crippen molar-refractivity contribution >= 4 is 5.82 Å². The summed E-state index contributed by atoms with van der Waals surface area (Å²) in [4.78, 5) is 8.47. The minimum Gasteiger partial charge on any atom is -0.438 e. The fourth-order valence-electron chi connectivity index (χ4n) is 2.08. The molecule has 1 N–H and O–H groups in total. The number of rotatable bonds is 5. The summed E-state index contributed by atoms with van der Waals surface area (Å²) in [5.41, 5.74) is 1.75. The van der Waals surface area contributed by atoms with Gasteiger partial charge in [0, 0.05) is 12.6 Å². The van der Waals surface area contributed by atoms with Gasteiger partial charge in [0.25, 0.3) is 0 Å². The van der Waals surface area contributed by atoms with Crippen LogP contribution in [0.2, 0.25) is 0 Å². The smallest absolute Gasteiger partial charge is 0.227 e. The van der Waals surface area contributed by atoms with Gasteiger partial charge in [-0.15, -0.1) is 0 Å². The lowest BCUT2D eigenvalue weighted by Gasteiger charge is -2.17. The number of ether oxygens (including phenoxy) is 1. The predicted octanol–water partition coefficient (Wildman–Crippen LogP) is 4.27. The van der Waals surface area contributed by atoms with E-state index in [4.69, 9.17) is 4.74 Å². The Morgan fingerprint density at radius 2 is 2.05 bits per heavy atom. The zero-order valence-electron chi connectivity index (χ0n) is 12.8. The summed E-state index contributed by atoms with van der Waals surface area (Å²) in [6.07, 6.45) is 1.45. The molecule has 0 bridgehead atoms. The number of aryl methyl sites for hydroxylation is 1. The van der Waals surface area contributed by atoms with Gasteiger partial charge in [-0.1, -0.05) is 19.9 Å². The molecule has 1 heterocycles. The summed E-state index contributed by atoms with van der Waals surface area (Å²) >= 11 is 0. The molecule has 112 valence electrons. The van der Waals surface area contributed by atoms with Crippen LogP contribution in [0.1, 0.15) is 37.8 Å². The summed E-state index contributed by atoms with van der Waals surface area (Å²) in [7, 11) is 0. The van der Waals surface area contributed by atoms with E-state index in [2.05, 4.69) is 15.3 Å². The first-order valence-corrected chi connectivity index (χ1v) is 7.05. The van der Waals surface area contributed by atoms with E-state index < -0.39 is 0 Å². The average molecular weight is 289 g/mol. The molecule has 0 radical (unpaired) electrons. The molecule has 2 aromatic rings. The molecule has 0 saturated carbocycles. The van der Waals surface area contributed by atoms with E-state index in [-0.39, 0.29) is 11.7 Å². The van der Waals surface area contributed by atoms with E-state index >= 15 is 0 Å². The van der Waals surface area contributed by atoms with Gasteiger partial charge < -0.3 is 10.1 Å². The van der Waals surface area contributed by atoms with E-state index in [0.717, 1.165) is 23.5 Å². The monoisotopic (exact) mass is 289 g/mol. The van der Waals surface area contributed by atoms with E-state index in [1.54, 1.807) is 6.07 Å². The Morgan fingerprint density at radius 3 is 2.71 bits per heavy atom. The lowest BCUT2D eigenvalue weighted by molar-refractivity contribution is 0.444. The van der Waals surface area contributed by atoms with Gasteiger partial charge in [0.15, 0.2) is 0 Å². The molecule has 0 unspecified atom stereocenters. The second kappa shape index (κ2) is 6.52. The maximum atomic E-state index is 13.4. The summed E-state index contributed by atoms with van der Waals surface area (Å²) < 4.78 is 19.2. The minimum atomic E-state index is -0.331. The number of nitrogens with zero attached hydrogens (tertiary/aromatic N) is 2. The Labute approximate surface area is 124 Å². The highest BCUT2D eigenvalue weighted by molar-refractivity contribution is 5.52.